The SMILES string of the molecule is CNC(=O)c1ccc(NCc2ccncn2)c(C)c1. The lowest BCUT2D eigenvalue weighted by Gasteiger charge is -2.10. The highest BCUT2D eigenvalue weighted by Crippen LogP contribution is 2.17. The molecule has 0 saturated carbocycles. The highest BCUT2D eigenvalue weighted by atomic mass is 16.1. The zero-order chi connectivity index (χ0) is 13.7. The van der Waals surface area contributed by atoms with Gasteiger partial charge in [-0.25, -0.2) is 9.97 Å². The van der Waals surface area contributed by atoms with E-state index in [1.165, 1.54) is 6.33 Å². The van der Waals surface area contributed by atoms with Crippen LogP contribution in [0.1, 0.15) is 21.6 Å². The molecule has 5 heteroatoms. The Kier molecular flexibility index (Phi) is 4.07. The second-order valence-electron chi connectivity index (χ2n) is 4.16. The van der Waals surface area contributed by atoms with Gasteiger partial charge in [0.15, 0.2) is 0 Å². The van der Waals surface area contributed by atoms with E-state index in [1.54, 1.807) is 19.3 Å². The van der Waals surface area contributed by atoms with E-state index in [2.05, 4.69) is 20.6 Å². The van der Waals surface area contributed by atoms with Gasteiger partial charge < -0.3 is 10.6 Å². The Morgan fingerprint density at radius 3 is 2.79 bits per heavy atom. The van der Waals surface area contributed by atoms with Crippen LogP contribution >= 0.6 is 0 Å². The van der Waals surface area contributed by atoms with Crippen LogP contribution in [-0.4, -0.2) is 22.9 Å². The molecular weight excluding hydrogens is 240 g/mol. The second kappa shape index (κ2) is 5.95. The molecule has 0 spiro atoms. The highest BCUT2D eigenvalue weighted by molar-refractivity contribution is 5.94. The van der Waals surface area contributed by atoms with E-state index in [1.807, 2.05) is 25.1 Å². The van der Waals surface area contributed by atoms with Crippen LogP contribution in [0.2, 0.25) is 0 Å². The molecule has 1 aromatic heterocycles. The molecule has 0 fully saturated rings. The molecule has 98 valence electrons. The van der Waals surface area contributed by atoms with Gasteiger partial charge in [-0.2, -0.15) is 0 Å². The molecule has 0 radical (unpaired) electrons. The van der Waals surface area contributed by atoms with E-state index >= 15 is 0 Å². The molecule has 0 saturated heterocycles. The minimum Gasteiger partial charge on any atom is -0.379 e. The van der Waals surface area contributed by atoms with E-state index in [4.69, 9.17) is 0 Å². The van der Waals surface area contributed by atoms with E-state index in [-0.39, 0.29) is 5.91 Å². The molecule has 0 aliphatic heterocycles. The predicted molar refractivity (Wildman–Crippen MR) is 73.9 cm³/mol. The molecule has 2 N–H and O–H groups in total. The Morgan fingerprint density at radius 1 is 1.32 bits per heavy atom. The summed E-state index contributed by atoms with van der Waals surface area (Å²) in [5.74, 6) is -0.0783. The number of benzene rings is 1. The zero-order valence-corrected chi connectivity index (χ0v) is 11.0. The number of amides is 1. The molecule has 1 heterocycles. The van der Waals surface area contributed by atoms with Crippen molar-refractivity contribution in [3.05, 3.63) is 53.6 Å². The maximum absolute atomic E-state index is 11.5. The maximum Gasteiger partial charge on any atom is 0.251 e. The lowest BCUT2D eigenvalue weighted by atomic mass is 10.1. The fourth-order valence-electron chi connectivity index (χ4n) is 1.76. The highest BCUT2D eigenvalue weighted by Gasteiger charge is 2.05. The topological polar surface area (TPSA) is 66.9 Å². The largest absolute Gasteiger partial charge is 0.379 e. The van der Waals surface area contributed by atoms with Crippen LogP contribution in [0, 0.1) is 6.92 Å². The summed E-state index contributed by atoms with van der Waals surface area (Å²) >= 11 is 0. The summed E-state index contributed by atoms with van der Waals surface area (Å²) in [6, 6.07) is 7.43. The number of rotatable bonds is 4. The van der Waals surface area contributed by atoms with Crippen molar-refractivity contribution in [3.8, 4) is 0 Å². The Labute approximate surface area is 112 Å². The quantitative estimate of drug-likeness (QED) is 0.874. The number of carbonyl (C=O) groups is 1. The van der Waals surface area contributed by atoms with Crippen LogP contribution in [0.25, 0.3) is 0 Å². The van der Waals surface area contributed by atoms with Gasteiger partial charge >= 0.3 is 0 Å². The fraction of sp³-hybridized carbons (Fsp3) is 0.214. The average molecular weight is 256 g/mol. The third-order valence-corrected chi connectivity index (χ3v) is 2.82. The number of nitrogens with zero attached hydrogens (tertiary/aromatic N) is 2. The first kappa shape index (κ1) is 13.0. The van der Waals surface area contributed by atoms with Gasteiger partial charge in [0, 0.05) is 24.5 Å². The van der Waals surface area contributed by atoms with Crippen molar-refractivity contribution >= 4 is 11.6 Å². The number of hydrogen-bond donors (Lipinski definition) is 2. The third kappa shape index (κ3) is 3.28. The minimum absolute atomic E-state index is 0.0783. The molecule has 0 bridgehead atoms. The van der Waals surface area contributed by atoms with Crippen LogP contribution in [0.4, 0.5) is 5.69 Å². The number of hydrogen-bond acceptors (Lipinski definition) is 4. The van der Waals surface area contributed by atoms with E-state index in [0.29, 0.717) is 12.1 Å². The molecule has 0 aliphatic carbocycles. The molecule has 0 aliphatic rings. The van der Waals surface area contributed by atoms with Gasteiger partial charge in [0.25, 0.3) is 5.91 Å². The number of aromatic nitrogens is 2. The summed E-state index contributed by atoms with van der Waals surface area (Å²) in [4.78, 5) is 19.5. The van der Waals surface area contributed by atoms with Gasteiger partial charge in [-0.3, -0.25) is 4.79 Å². The van der Waals surface area contributed by atoms with Crippen molar-refractivity contribution in [2.45, 2.75) is 13.5 Å². The van der Waals surface area contributed by atoms with Gasteiger partial charge in [-0.05, 0) is 36.8 Å². The molecular formula is C14H16N4O. The van der Waals surface area contributed by atoms with Crippen LogP contribution in [0.3, 0.4) is 0 Å². The molecule has 1 amide bonds. The first-order valence-electron chi connectivity index (χ1n) is 6.02. The predicted octanol–water partition coefficient (Wildman–Crippen LogP) is 1.76. The van der Waals surface area contributed by atoms with Gasteiger partial charge in [0.05, 0.1) is 12.2 Å². The van der Waals surface area contributed by atoms with E-state index < -0.39 is 0 Å². The molecule has 0 unspecified atom stereocenters. The number of aryl methyl sites for hydroxylation is 1. The monoisotopic (exact) mass is 256 g/mol. The first-order valence-corrected chi connectivity index (χ1v) is 6.02. The van der Waals surface area contributed by atoms with Crippen molar-refractivity contribution in [2.24, 2.45) is 0 Å². The smallest absolute Gasteiger partial charge is 0.251 e. The summed E-state index contributed by atoms with van der Waals surface area (Å²) in [5.41, 5.74) is 3.60. The Morgan fingerprint density at radius 2 is 2.16 bits per heavy atom. The number of anilines is 1. The molecule has 0 atom stereocenters. The van der Waals surface area contributed by atoms with E-state index in [0.717, 1.165) is 16.9 Å². The van der Waals surface area contributed by atoms with E-state index in [9.17, 15) is 4.79 Å². The average Bonchev–Trinajstić information content (AvgIpc) is 2.46. The van der Waals surface area contributed by atoms with Gasteiger partial charge in [-0.1, -0.05) is 0 Å². The third-order valence-electron chi connectivity index (χ3n) is 2.82. The summed E-state index contributed by atoms with van der Waals surface area (Å²) in [6.45, 7) is 2.59. The van der Waals surface area contributed by atoms with Crippen molar-refractivity contribution in [2.75, 3.05) is 12.4 Å². The first-order chi connectivity index (χ1) is 9.20. The van der Waals surface area contributed by atoms with Gasteiger partial charge in [0.1, 0.15) is 6.33 Å². The van der Waals surface area contributed by atoms with Crippen LogP contribution < -0.4 is 10.6 Å². The maximum atomic E-state index is 11.5. The molecule has 5 nitrogen and oxygen atoms in total. The molecule has 2 rings (SSSR count). The van der Waals surface area contributed by atoms with Crippen molar-refractivity contribution in [3.63, 3.8) is 0 Å². The number of carbonyl (C=O) groups excluding carboxylic acids is 1. The number of nitrogens with one attached hydrogen (secondary N) is 2. The standard InChI is InChI=1S/C14H16N4O/c1-10-7-11(14(19)15-2)3-4-13(10)17-8-12-5-6-16-9-18-12/h3-7,9,17H,8H2,1-2H3,(H,15,19). The summed E-state index contributed by atoms with van der Waals surface area (Å²) in [6.07, 6.45) is 3.24. The summed E-state index contributed by atoms with van der Waals surface area (Å²) in [7, 11) is 1.62. The van der Waals surface area contributed by atoms with Gasteiger partial charge in [-0.15, -0.1) is 0 Å². The molecule has 19 heavy (non-hydrogen) atoms. The van der Waals surface area contributed by atoms with Crippen LogP contribution in [-0.2, 0) is 6.54 Å². The van der Waals surface area contributed by atoms with Crippen molar-refractivity contribution < 1.29 is 4.79 Å². The second-order valence-corrected chi connectivity index (χ2v) is 4.16. The lowest BCUT2D eigenvalue weighted by Crippen LogP contribution is -2.17. The minimum atomic E-state index is -0.0783. The zero-order valence-electron chi connectivity index (χ0n) is 11.0. The summed E-state index contributed by atoms with van der Waals surface area (Å²) < 4.78 is 0. The lowest BCUT2D eigenvalue weighted by molar-refractivity contribution is 0.0963. The van der Waals surface area contributed by atoms with Crippen LogP contribution in [0.5, 0.6) is 0 Å². The Hall–Kier alpha value is -2.43. The van der Waals surface area contributed by atoms with Crippen molar-refractivity contribution in [1.29, 1.82) is 0 Å². The molecule has 2 aromatic rings. The van der Waals surface area contributed by atoms with Crippen molar-refractivity contribution in [1.82, 2.24) is 15.3 Å². The normalized spacial score (nSPS) is 10.0. The summed E-state index contributed by atoms with van der Waals surface area (Å²) in [5, 5.41) is 5.90. The Bertz CT molecular complexity index is 569. The van der Waals surface area contributed by atoms with Crippen LogP contribution in [0.15, 0.2) is 36.8 Å². The Balaban J connectivity index is 2.07. The fourth-order valence-corrected chi connectivity index (χ4v) is 1.76. The molecule has 1 aromatic carbocycles. The van der Waals surface area contributed by atoms with Gasteiger partial charge in [0.2, 0.25) is 0 Å².